The fraction of sp³-hybridized carbons (Fsp3) is 0.625. The van der Waals surface area contributed by atoms with E-state index in [-0.39, 0.29) is 0 Å². The number of aromatic nitrogens is 2. The van der Waals surface area contributed by atoms with Gasteiger partial charge in [-0.15, -0.1) is 0 Å². The SMILES string of the molecule is Cc1cnc([C@H]2CCNC2)[nH]1. The lowest BCUT2D eigenvalue weighted by Crippen LogP contribution is -2.08. The van der Waals surface area contributed by atoms with Gasteiger partial charge in [0.2, 0.25) is 0 Å². The van der Waals surface area contributed by atoms with Gasteiger partial charge in [-0.25, -0.2) is 4.98 Å². The Morgan fingerprint density at radius 1 is 1.64 bits per heavy atom. The van der Waals surface area contributed by atoms with Crippen LogP contribution in [0.2, 0.25) is 0 Å². The minimum atomic E-state index is 0.615. The normalized spacial score (nSPS) is 24.3. The van der Waals surface area contributed by atoms with Crippen LogP contribution in [0.25, 0.3) is 0 Å². The molecule has 1 saturated heterocycles. The number of aromatic amines is 1. The molecule has 0 aromatic carbocycles. The standard InChI is InChI=1S/C8H13N3/c1-6-4-10-8(11-6)7-2-3-9-5-7/h4,7,9H,2-3,5H2,1H3,(H,10,11)/t7-/m0/s1. The first-order chi connectivity index (χ1) is 5.36. The summed E-state index contributed by atoms with van der Waals surface area (Å²) in [5.74, 6) is 1.76. The van der Waals surface area contributed by atoms with Crippen LogP contribution in [0.5, 0.6) is 0 Å². The van der Waals surface area contributed by atoms with Crippen LogP contribution < -0.4 is 5.32 Å². The summed E-state index contributed by atoms with van der Waals surface area (Å²) in [5, 5.41) is 3.32. The highest BCUT2D eigenvalue weighted by atomic mass is 15.0. The van der Waals surface area contributed by atoms with Gasteiger partial charge in [0.05, 0.1) is 0 Å². The van der Waals surface area contributed by atoms with Crippen LogP contribution in [0.4, 0.5) is 0 Å². The van der Waals surface area contributed by atoms with E-state index in [1.807, 2.05) is 13.1 Å². The van der Waals surface area contributed by atoms with Gasteiger partial charge in [0.15, 0.2) is 0 Å². The lowest BCUT2D eigenvalue weighted by Gasteiger charge is -2.01. The Morgan fingerprint density at radius 3 is 3.09 bits per heavy atom. The number of rotatable bonds is 1. The average molecular weight is 151 g/mol. The molecule has 1 aromatic heterocycles. The third kappa shape index (κ3) is 1.28. The predicted molar refractivity (Wildman–Crippen MR) is 43.6 cm³/mol. The van der Waals surface area contributed by atoms with Gasteiger partial charge in [-0.2, -0.15) is 0 Å². The Labute approximate surface area is 66.2 Å². The molecular formula is C8H13N3. The molecular weight excluding hydrogens is 138 g/mol. The number of H-pyrrole nitrogens is 1. The Bertz CT molecular complexity index is 235. The van der Waals surface area contributed by atoms with Gasteiger partial charge < -0.3 is 10.3 Å². The highest BCUT2D eigenvalue weighted by Gasteiger charge is 2.18. The third-order valence-corrected chi connectivity index (χ3v) is 2.17. The number of hydrogen-bond acceptors (Lipinski definition) is 2. The van der Waals surface area contributed by atoms with Crippen LogP contribution in [-0.2, 0) is 0 Å². The first-order valence-corrected chi connectivity index (χ1v) is 4.08. The molecule has 0 unspecified atom stereocenters. The Hall–Kier alpha value is -0.830. The molecule has 2 N–H and O–H groups in total. The van der Waals surface area contributed by atoms with E-state index >= 15 is 0 Å². The van der Waals surface area contributed by atoms with Crippen LogP contribution in [0.1, 0.15) is 23.9 Å². The number of aryl methyl sites for hydroxylation is 1. The number of imidazole rings is 1. The molecule has 3 nitrogen and oxygen atoms in total. The monoisotopic (exact) mass is 151 g/mol. The summed E-state index contributed by atoms with van der Waals surface area (Å²) in [6, 6.07) is 0. The van der Waals surface area contributed by atoms with E-state index in [9.17, 15) is 0 Å². The van der Waals surface area contributed by atoms with Gasteiger partial charge in [-0.05, 0) is 19.9 Å². The second-order valence-corrected chi connectivity index (χ2v) is 3.14. The van der Waals surface area contributed by atoms with Crippen molar-refractivity contribution in [3.63, 3.8) is 0 Å². The molecule has 2 heterocycles. The lowest BCUT2D eigenvalue weighted by atomic mass is 10.1. The Balaban J connectivity index is 2.15. The van der Waals surface area contributed by atoms with E-state index in [2.05, 4.69) is 15.3 Å². The first-order valence-electron chi connectivity index (χ1n) is 4.08. The average Bonchev–Trinajstić information content (AvgIpc) is 2.55. The number of hydrogen-bond donors (Lipinski definition) is 2. The van der Waals surface area contributed by atoms with Crippen molar-refractivity contribution in [1.82, 2.24) is 15.3 Å². The van der Waals surface area contributed by atoms with Crippen LogP contribution >= 0.6 is 0 Å². The van der Waals surface area contributed by atoms with E-state index in [4.69, 9.17) is 0 Å². The van der Waals surface area contributed by atoms with Crippen molar-refractivity contribution in [2.24, 2.45) is 0 Å². The molecule has 1 aliphatic heterocycles. The number of nitrogens with zero attached hydrogens (tertiary/aromatic N) is 1. The summed E-state index contributed by atoms with van der Waals surface area (Å²) in [7, 11) is 0. The zero-order valence-corrected chi connectivity index (χ0v) is 6.72. The quantitative estimate of drug-likeness (QED) is 0.623. The van der Waals surface area contributed by atoms with Gasteiger partial charge in [0.25, 0.3) is 0 Å². The fourth-order valence-corrected chi connectivity index (χ4v) is 1.53. The third-order valence-electron chi connectivity index (χ3n) is 2.17. The van der Waals surface area contributed by atoms with Crippen molar-refractivity contribution in [3.8, 4) is 0 Å². The molecule has 0 amide bonds. The molecule has 3 heteroatoms. The minimum absolute atomic E-state index is 0.615. The molecule has 1 atom stereocenters. The van der Waals surface area contributed by atoms with Crippen LogP contribution in [0.3, 0.4) is 0 Å². The maximum absolute atomic E-state index is 4.30. The lowest BCUT2D eigenvalue weighted by molar-refractivity contribution is 0.713. The molecule has 0 aliphatic carbocycles. The molecule has 0 spiro atoms. The van der Waals surface area contributed by atoms with Gasteiger partial charge in [0.1, 0.15) is 5.82 Å². The van der Waals surface area contributed by atoms with E-state index < -0.39 is 0 Å². The zero-order chi connectivity index (χ0) is 7.68. The molecule has 60 valence electrons. The summed E-state index contributed by atoms with van der Waals surface area (Å²) >= 11 is 0. The van der Waals surface area contributed by atoms with Gasteiger partial charge in [-0.1, -0.05) is 0 Å². The molecule has 2 rings (SSSR count). The second kappa shape index (κ2) is 2.66. The maximum atomic E-state index is 4.30. The second-order valence-electron chi connectivity index (χ2n) is 3.14. The number of nitrogens with one attached hydrogen (secondary N) is 2. The van der Waals surface area contributed by atoms with Crippen LogP contribution in [0, 0.1) is 6.92 Å². The minimum Gasteiger partial charge on any atom is -0.346 e. The van der Waals surface area contributed by atoms with Crippen LogP contribution in [0.15, 0.2) is 6.20 Å². The van der Waals surface area contributed by atoms with E-state index in [0.29, 0.717) is 5.92 Å². The van der Waals surface area contributed by atoms with Gasteiger partial charge in [0, 0.05) is 24.4 Å². The topological polar surface area (TPSA) is 40.7 Å². The van der Waals surface area contributed by atoms with Crippen molar-refractivity contribution in [2.75, 3.05) is 13.1 Å². The molecule has 1 fully saturated rings. The van der Waals surface area contributed by atoms with E-state index in [1.54, 1.807) is 0 Å². The van der Waals surface area contributed by atoms with E-state index in [0.717, 1.165) is 24.6 Å². The summed E-state index contributed by atoms with van der Waals surface area (Å²) < 4.78 is 0. The summed E-state index contributed by atoms with van der Waals surface area (Å²) in [6.45, 7) is 4.25. The maximum Gasteiger partial charge on any atom is 0.110 e. The summed E-state index contributed by atoms with van der Waals surface area (Å²) in [4.78, 5) is 7.57. The van der Waals surface area contributed by atoms with Crippen molar-refractivity contribution >= 4 is 0 Å². The van der Waals surface area contributed by atoms with Crippen molar-refractivity contribution in [1.29, 1.82) is 0 Å². The van der Waals surface area contributed by atoms with Crippen molar-refractivity contribution in [2.45, 2.75) is 19.3 Å². The molecule has 1 aromatic rings. The first kappa shape index (κ1) is 6.85. The highest BCUT2D eigenvalue weighted by Crippen LogP contribution is 2.18. The molecule has 0 radical (unpaired) electrons. The van der Waals surface area contributed by atoms with Gasteiger partial charge >= 0.3 is 0 Å². The van der Waals surface area contributed by atoms with E-state index in [1.165, 1.54) is 6.42 Å². The van der Waals surface area contributed by atoms with Gasteiger partial charge in [-0.3, -0.25) is 0 Å². The molecule has 1 aliphatic rings. The van der Waals surface area contributed by atoms with Crippen molar-refractivity contribution in [3.05, 3.63) is 17.7 Å². The Kier molecular flexibility index (Phi) is 1.66. The molecule has 0 saturated carbocycles. The van der Waals surface area contributed by atoms with Crippen LogP contribution in [-0.4, -0.2) is 23.1 Å². The zero-order valence-electron chi connectivity index (χ0n) is 6.72. The smallest absolute Gasteiger partial charge is 0.110 e. The largest absolute Gasteiger partial charge is 0.346 e. The molecule has 0 bridgehead atoms. The fourth-order valence-electron chi connectivity index (χ4n) is 1.53. The highest BCUT2D eigenvalue weighted by molar-refractivity contribution is 5.05. The molecule has 11 heavy (non-hydrogen) atoms. The Morgan fingerprint density at radius 2 is 2.55 bits per heavy atom. The van der Waals surface area contributed by atoms with Crippen molar-refractivity contribution < 1.29 is 0 Å². The summed E-state index contributed by atoms with van der Waals surface area (Å²) in [5.41, 5.74) is 1.16. The summed E-state index contributed by atoms with van der Waals surface area (Å²) in [6.07, 6.45) is 3.11. The predicted octanol–water partition coefficient (Wildman–Crippen LogP) is 0.795.